The topological polar surface area (TPSA) is 104 Å². The lowest BCUT2D eigenvalue weighted by atomic mass is 10.3. The van der Waals surface area contributed by atoms with E-state index in [1.165, 1.54) is 0 Å². The van der Waals surface area contributed by atoms with Gasteiger partial charge in [-0.1, -0.05) is 0 Å². The van der Waals surface area contributed by atoms with E-state index in [4.69, 9.17) is 15.3 Å². The zero-order chi connectivity index (χ0) is 7.49. The highest BCUT2D eigenvalue weighted by molar-refractivity contribution is 5.73. The SMILES string of the molecule is NC(=O)CCC(O)(O)O. The molecule has 0 aliphatic heterocycles. The van der Waals surface area contributed by atoms with E-state index < -0.39 is 18.3 Å². The van der Waals surface area contributed by atoms with Crippen LogP contribution in [0, 0.1) is 0 Å². The molecule has 0 bridgehead atoms. The van der Waals surface area contributed by atoms with Crippen LogP contribution in [0.3, 0.4) is 0 Å². The van der Waals surface area contributed by atoms with Gasteiger partial charge in [0, 0.05) is 12.8 Å². The van der Waals surface area contributed by atoms with Crippen LogP contribution in [-0.4, -0.2) is 27.2 Å². The largest absolute Gasteiger partial charge is 0.370 e. The second kappa shape index (κ2) is 2.77. The Morgan fingerprint density at radius 2 is 1.89 bits per heavy atom. The molecule has 5 N–H and O–H groups in total. The maximum absolute atomic E-state index is 9.93. The molecule has 0 rings (SSSR count). The summed E-state index contributed by atoms with van der Waals surface area (Å²) in [6.45, 7) is 0. The fraction of sp³-hybridized carbons (Fsp3) is 0.750. The third-order valence-electron chi connectivity index (χ3n) is 0.707. The molecular weight excluding hydrogens is 126 g/mol. The summed E-state index contributed by atoms with van der Waals surface area (Å²) in [4.78, 5) is 9.93. The molecule has 5 nitrogen and oxygen atoms in total. The Morgan fingerprint density at radius 3 is 2.00 bits per heavy atom. The van der Waals surface area contributed by atoms with E-state index >= 15 is 0 Å². The summed E-state index contributed by atoms with van der Waals surface area (Å²) in [5.74, 6) is -3.45. The maximum Gasteiger partial charge on any atom is 0.275 e. The number of aliphatic hydroxyl groups is 3. The van der Waals surface area contributed by atoms with Crippen LogP contribution < -0.4 is 5.73 Å². The summed E-state index contributed by atoms with van der Waals surface area (Å²) in [6.07, 6.45) is -0.703. The van der Waals surface area contributed by atoms with E-state index in [1.54, 1.807) is 0 Å². The summed E-state index contributed by atoms with van der Waals surface area (Å²) >= 11 is 0. The van der Waals surface area contributed by atoms with Crippen molar-refractivity contribution >= 4 is 5.91 Å². The van der Waals surface area contributed by atoms with Crippen LogP contribution in [0.15, 0.2) is 0 Å². The monoisotopic (exact) mass is 135 g/mol. The maximum atomic E-state index is 9.93. The van der Waals surface area contributed by atoms with Gasteiger partial charge < -0.3 is 21.1 Å². The van der Waals surface area contributed by atoms with Crippen molar-refractivity contribution in [2.45, 2.75) is 18.8 Å². The highest BCUT2D eigenvalue weighted by atomic mass is 16.7. The molecule has 5 heteroatoms. The molecule has 0 aromatic carbocycles. The molecule has 0 saturated heterocycles. The van der Waals surface area contributed by atoms with Gasteiger partial charge in [0.15, 0.2) is 0 Å². The second-order valence-electron chi connectivity index (χ2n) is 1.74. The van der Waals surface area contributed by atoms with E-state index in [1.807, 2.05) is 0 Å². The van der Waals surface area contributed by atoms with Crippen molar-refractivity contribution < 1.29 is 20.1 Å². The first kappa shape index (κ1) is 8.35. The van der Waals surface area contributed by atoms with Crippen molar-refractivity contribution in [2.24, 2.45) is 5.73 Å². The summed E-state index contributed by atoms with van der Waals surface area (Å²) in [6, 6.07) is 0. The standard InChI is InChI=1S/C4H9NO4/c5-3(6)1-2-4(7,8)9/h7-9H,1-2H2,(H2,5,6). The lowest BCUT2D eigenvalue weighted by Crippen LogP contribution is -2.29. The van der Waals surface area contributed by atoms with Crippen molar-refractivity contribution in [3.8, 4) is 0 Å². The highest BCUT2D eigenvalue weighted by Gasteiger charge is 2.18. The van der Waals surface area contributed by atoms with Crippen LogP contribution >= 0.6 is 0 Å². The Hall–Kier alpha value is -0.650. The van der Waals surface area contributed by atoms with Gasteiger partial charge in [-0.2, -0.15) is 0 Å². The average Bonchev–Trinajstić information content (AvgIpc) is 1.59. The molecule has 0 heterocycles. The van der Waals surface area contributed by atoms with Gasteiger partial charge in [-0.3, -0.25) is 4.79 Å². The van der Waals surface area contributed by atoms with Gasteiger partial charge >= 0.3 is 0 Å². The molecular formula is C4H9NO4. The Labute approximate surface area is 51.7 Å². The second-order valence-corrected chi connectivity index (χ2v) is 1.74. The van der Waals surface area contributed by atoms with E-state index in [9.17, 15) is 4.79 Å². The first-order valence-corrected chi connectivity index (χ1v) is 2.37. The Morgan fingerprint density at radius 1 is 1.44 bits per heavy atom. The van der Waals surface area contributed by atoms with Gasteiger partial charge in [0.1, 0.15) is 0 Å². The predicted molar refractivity (Wildman–Crippen MR) is 27.8 cm³/mol. The Bertz CT molecular complexity index is 106. The lowest BCUT2D eigenvalue weighted by Gasteiger charge is -2.11. The van der Waals surface area contributed by atoms with Gasteiger partial charge in [-0.25, -0.2) is 0 Å². The normalized spacial score (nSPS) is 11.4. The molecule has 1 amide bonds. The zero-order valence-corrected chi connectivity index (χ0v) is 4.74. The van der Waals surface area contributed by atoms with Crippen LogP contribution in [0.4, 0.5) is 0 Å². The Kier molecular flexibility index (Phi) is 2.57. The summed E-state index contributed by atoms with van der Waals surface area (Å²) < 4.78 is 0. The van der Waals surface area contributed by atoms with Gasteiger partial charge in [0.2, 0.25) is 5.91 Å². The molecule has 0 unspecified atom stereocenters. The number of primary amides is 1. The third-order valence-corrected chi connectivity index (χ3v) is 0.707. The van der Waals surface area contributed by atoms with Gasteiger partial charge in [0.05, 0.1) is 0 Å². The van der Waals surface area contributed by atoms with Gasteiger partial charge in [-0.05, 0) is 0 Å². The van der Waals surface area contributed by atoms with Crippen LogP contribution in [0.2, 0.25) is 0 Å². The molecule has 0 aliphatic carbocycles. The number of hydrogen-bond donors (Lipinski definition) is 4. The zero-order valence-electron chi connectivity index (χ0n) is 4.74. The number of rotatable bonds is 3. The van der Waals surface area contributed by atoms with Crippen molar-refractivity contribution in [3.63, 3.8) is 0 Å². The summed E-state index contributed by atoms with van der Waals surface area (Å²) in [5, 5.41) is 24.5. The molecule has 54 valence electrons. The van der Waals surface area contributed by atoms with Crippen LogP contribution in [-0.2, 0) is 4.79 Å². The predicted octanol–water partition coefficient (Wildman–Crippen LogP) is -2.12. The summed E-state index contributed by atoms with van der Waals surface area (Å²) in [7, 11) is 0. The van der Waals surface area contributed by atoms with E-state index in [-0.39, 0.29) is 6.42 Å². The molecule has 9 heavy (non-hydrogen) atoms. The average molecular weight is 135 g/mol. The fourth-order valence-corrected chi connectivity index (χ4v) is 0.291. The fourth-order valence-electron chi connectivity index (χ4n) is 0.291. The number of amides is 1. The first-order valence-electron chi connectivity index (χ1n) is 2.37. The number of nitrogens with two attached hydrogens (primary N) is 1. The number of carbonyl (C=O) groups is 1. The minimum absolute atomic E-state index is 0.247. The van der Waals surface area contributed by atoms with Crippen molar-refractivity contribution in [2.75, 3.05) is 0 Å². The molecule has 0 aromatic rings. The van der Waals surface area contributed by atoms with Crippen molar-refractivity contribution in [1.82, 2.24) is 0 Å². The first-order chi connectivity index (χ1) is 3.92. The van der Waals surface area contributed by atoms with E-state index in [0.29, 0.717) is 0 Å². The van der Waals surface area contributed by atoms with Crippen LogP contribution in [0.25, 0.3) is 0 Å². The molecule has 0 atom stereocenters. The molecule has 0 aromatic heterocycles. The minimum atomic E-state index is -2.77. The smallest absolute Gasteiger partial charge is 0.275 e. The highest BCUT2D eigenvalue weighted by Crippen LogP contribution is 2.02. The Balaban J connectivity index is 3.39. The third kappa shape index (κ3) is 7.35. The molecule has 0 radical (unpaired) electrons. The van der Waals surface area contributed by atoms with Crippen LogP contribution in [0.1, 0.15) is 12.8 Å². The van der Waals surface area contributed by atoms with E-state index in [2.05, 4.69) is 5.73 Å². The quantitative estimate of drug-likeness (QED) is 0.332. The van der Waals surface area contributed by atoms with Crippen molar-refractivity contribution in [3.05, 3.63) is 0 Å². The van der Waals surface area contributed by atoms with Gasteiger partial charge in [0.25, 0.3) is 5.97 Å². The van der Waals surface area contributed by atoms with Crippen molar-refractivity contribution in [1.29, 1.82) is 0 Å². The molecule has 0 saturated carbocycles. The number of hydrogen-bond acceptors (Lipinski definition) is 4. The van der Waals surface area contributed by atoms with E-state index in [0.717, 1.165) is 0 Å². The molecule has 0 spiro atoms. The molecule has 0 aliphatic rings. The van der Waals surface area contributed by atoms with Crippen LogP contribution in [0.5, 0.6) is 0 Å². The lowest BCUT2D eigenvalue weighted by molar-refractivity contribution is -0.314. The molecule has 0 fully saturated rings. The minimum Gasteiger partial charge on any atom is -0.370 e. The van der Waals surface area contributed by atoms with Gasteiger partial charge in [-0.15, -0.1) is 0 Å². The summed E-state index contributed by atoms with van der Waals surface area (Å²) in [5.41, 5.74) is 4.63. The number of carbonyl (C=O) groups excluding carboxylic acids is 1.